The number of aliphatic imine (C=N–C) groups is 2. The highest BCUT2D eigenvalue weighted by Crippen LogP contribution is 2.36. The molecule has 15 heteroatoms. The molecule has 380 valence electrons. The van der Waals surface area contributed by atoms with E-state index in [2.05, 4.69) is 105 Å². The summed E-state index contributed by atoms with van der Waals surface area (Å²) >= 11 is 0. The van der Waals surface area contributed by atoms with Crippen LogP contribution in [0, 0.1) is 20.8 Å². The van der Waals surface area contributed by atoms with E-state index in [0.717, 1.165) is 99.3 Å². The second kappa shape index (κ2) is 26.7. The Morgan fingerprint density at radius 1 is 0.543 bits per heavy atom. The second-order valence-corrected chi connectivity index (χ2v) is 18.0. The van der Waals surface area contributed by atoms with Crippen molar-refractivity contribution in [2.24, 2.45) is 21.5 Å². The Balaban J connectivity index is 1.40. The lowest BCUT2D eigenvalue weighted by molar-refractivity contribution is -0.122. The van der Waals surface area contributed by atoms with Gasteiger partial charge in [-0.15, -0.1) is 0 Å². The van der Waals surface area contributed by atoms with Crippen LogP contribution in [0.1, 0.15) is 123 Å². The minimum Gasteiger partial charge on any atom is -0.378 e. The monoisotopic (exact) mass is 962 g/mol. The molecule has 3 aromatic heterocycles. The van der Waals surface area contributed by atoms with Crippen molar-refractivity contribution in [1.29, 1.82) is 0 Å². The number of nitrogens with zero attached hydrogens (tertiary/aromatic N) is 2. The van der Waals surface area contributed by atoms with Crippen LogP contribution < -0.4 is 32.8 Å². The minimum absolute atomic E-state index is 0.0354. The first-order valence-corrected chi connectivity index (χ1v) is 25.6. The summed E-state index contributed by atoms with van der Waals surface area (Å²) in [6.07, 6.45) is 14.4. The Bertz CT molecular complexity index is 2650. The summed E-state index contributed by atoms with van der Waals surface area (Å²) < 4.78 is 22.0. The van der Waals surface area contributed by atoms with Gasteiger partial charge in [-0.25, -0.2) is 9.98 Å². The molecule has 0 saturated carbocycles. The zero-order valence-electron chi connectivity index (χ0n) is 43.2. The molecule has 3 aromatic rings. The minimum atomic E-state index is -0.0458. The maximum absolute atomic E-state index is 13.3. The highest BCUT2D eigenvalue weighted by atomic mass is 16.5. The number of hydrogen-bond acceptors (Lipinski definition) is 10. The van der Waals surface area contributed by atoms with E-state index in [1.807, 2.05) is 0 Å². The van der Waals surface area contributed by atoms with Gasteiger partial charge in [0.25, 0.3) is 0 Å². The molecule has 10 bridgehead atoms. The van der Waals surface area contributed by atoms with E-state index in [0.29, 0.717) is 105 Å². The molecule has 6 heterocycles. The number of nitrogens with two attached hydrogens (primary N) is 2. The molecule has 3 aliphatic rings. The van der Waals surface area contributed by atoms with E-state index >= 15 is 0 Å². The number of nitrogens with one attached hydrogen (secondary N) is 5. The van der Waals surface area contributed by atoms with Crippen molar-refractivity contribution < 1.29 is 28.5 Å². The number of aromatic amines is 3. The highest BCUT2D eigenvalue weighted by molar-refractivity contribution is 6.24. The molecule has 0 atom stereocenters. The van der Waals surface area contributed by atoms with E-state index in [4.69, 9.17) is 40.4 Å². The number of rotatable bonds is 26. The summed E-state index contributed by atoms with van der Waals surface area (Å²) in [5.41, 5.74) is 30.6. The van der Waals surface area contributed by atoms with Gasteiger partial charge in [0.05, 0.1) is 75.7 Å². The van der Waals surface area contributed by atoms with Gasteiger partial charge in [0, 0.05) is 78.9 Å². The molecule has 6 rings (SSSR count). The van der Waals surface area contributed by atoms with Gasteiger partial charge in [-0.05, 0) is 146 Å². The molecular formula is C55H79N9O6. The van der Waals surface area contributed by atoms with Crippen LogP contribution >= 0.6 is 0 Å². The van der Waals surface area contributed by atoms with Crippen molar-refractivity contribution in [2.75, 3.05) is 79.0 Å². The summed E-state index contributed by atoms with van der Waals surface area (Å²) in [5.74, 6) is -0.0811. The molecule has 3 aliphatic heterocycles. The third-order valence-corrected chi connectivity index (χ3v) is 13.6. The molecule has 2 amide bonds. The maximum atomic E-state index is 13.3. The zero-order chi connectivity index (χ0) is 50.2. The van der Waals surface area contributed by atoms with Gasteiger partial charge in [0.2, 0.25) is 11.8 Å². The van der Waals surface area contributed by atoms with Crippen LogP contribution in [0.4, 0.5) is 0 Å². The van der Waals surface area contributed by atoms with Crippen molar-refractivity contribution in [3.8, 4) is 0 Å². The molecular weight excluding hydrogens is 883 g/mol. The van der Waals surface area contributed by atoms with Crippen LogP contribution in [0.3, 0.4) is 0 Å². The number of fused-ring (bicyclic) bond motifs is 8. The summed E-state index contributed by atoms with van der Waals surface area (Å²) in [4.78, 5) is 48.8. The van der Waals surface area contributed by atoms with E-state index in [1.54, 1.807) is 0 Å². The standard InChI is InChI=1S/C55H79N9O6/c1-9-38-34(5)44-29-45-35(6)39(10-2)49(61-45)31-47-37(8)43(14-16-55(66)59-20-24-70-28-26-68-22-18-57)53(63-47)33-51-41(12-4)40(11-3)50(64-51)32-52-42(36(7)46(62-52)30-48(38)60-44)13-15-54(65)58-19-23-69-27-25-67-21-17-56/h30-33,60-62H,9-29,56-57H2,1-8H3,(H,58,65)(H,59,66)/b46-30?,47-31?,51-33-,52-32?. The Morgan fingerprint density at radius 3 is 1.60 bits per heavy atom. The van der Waals surface area contributed by atoms with Crippen molar-refractivity contribution in [3.63, 3.8) is 0 Å². The molecule has 0 radical (unpaired) electrons. The van der Waals surface area contributed by atoms with Crippen molar-refractivity contribution in [3.05, 3.63) is 107 Å². The highest BCUT2D eigenvalue weighted by Gasteiger charge is 2.27. The van der Waals surface area contributed by atoms with Gasteiger partial charge < -0.3 is 56.0 Å². The van der Waals surface area contributed by atoms with Crippen LogP contribution in [-0.2, 0) is 54.2 Å². The maximum Gasteiger partial charge on any atom is 0.220 e. The van der Waals surface area contributed by atoms with Crippen LogP contribution in [0.2, 0.25) is 0 Å². The SMILES string of the molecule is CCC1=C(CC)/C2=C/C3=NC(=Cc4[nH]c(c(C)c4CC)Cc4[nH]c(c(CC)c4C)C=c4[nH]c(c(CCC(=O)NCCOCCOCCN)c4C)=CC1=N2)C(C)=C3CCC(=O)NCCOCCOCCN. The number of aromatic nitrogens is 3. The third kappa shape index (κ3) is 13.5. The normalized spacial score (nSPS) is 15.3. The molecule has 15 nitrogen and oxygen atoms in total. The van der Waals surface area contributed by atoms with Crippen molar-refractivity contribution >= 4 is 41.5 Å². The van der Waals surface area contributed by atoms with Gasteiger partial charge in [0.1, 0.15) is 0 Å². The quantitative estimate of drug-likeness (QED) is 0.0514. The predicted octanol–water partition coefficient (Wildman–Crippen LogP) is 5.43. The van der Waals surface area contributed by atoms with Gasteiger partial charge in [0.15, 0.2) is 0 Å². The smallest absolute Gasteiger partial charge is 0.220 e. The van der Waals surface area contributed by atoms with Crippen LogP contribution in [-0.4, -0.2) is 117 Å². The Morgan fingerprint density at radius 2 is 1.06 bits per heavy atom. The fourth-order valence-electron chi connectivity index (χ4n) is 9.73. The molecule has 9 N–H and O–H groups in total. The van der Waals surface area contributed by atoms with Crippen molar-refractivity contribution in [2.45, 2.75) is 113 Å². The number of amides is 2. The Kier molecular flexibility index (Phi) is 20.6. The Hall–Kier alpha value is -5.42. The Labute approximate surface area is 414 Å². The lowest BCUT2D eigenvalue weighted by atomic mass is 9.96. The summed E-state index contributed by atoms with van der Waals surface area (Å²) in [6.45, 7) is 22.9. The van der Waals surface area contributed by atoms with Gasteiger partial charge in [-0.3, -0.25) is 9.59 Å². The lowest BCUT2D eigenvalue weighted by Gasteiger charge is -2.09. The number of carbonyl (C=O) groups is 2. The summed E-state index contributed by atoms with van der Waals surface area (Å²) in [7, 11) is 0. The molecule has 0 saturated heterocycles. The molecule has 0 unspecified atom stereocenters. The van der Waals surface area contributed by atoms with E-state index in [1.165, 1.54) is 44.8 Å². The average Bonchev–Trinajstić information content (AvgIpc) is 4.10. The van der Waals surface area contributed by atoms with E-state index in [-0.39, 0.29) is 11.8 Å². The lowest BCUT2D eigenvalue weighted by Crippen LogP contribution is -2.28. The average molecular weight is 962 g/mol. The molecule has 70 heavy (non-hydrogen) atoms. The third-order valence-electron chi connectivity index (χ3n) is 13.6. The topological polar surface area (TPSA) is 219 Å². The summed E-state index contributed by atoms with van der Waals surface area (Å²) in [5, 5.41) is 7.99. The van der Waals surface area contributed by atoms with Crippen molar-refractivity contribution in [1.82, 2.24) is 25.6 Å². The fraction of sp³-hybridized carbons (Fsp3) is 0.527. The van der Waals surface area contributed by atoms with Gasteiger partial charge in [-0.1, -0.05) is 27.7 Å². The first-order chi connectivity index (χ1) is 34.0. The summed E-state index contributed by atoms with van der Waals surface area (Å²) in [6, 6.07) is 0. The molecule has 0 aliphatic carbocycles. The van der Waals surface area contributed by atoms with Gasteiger partial charge in [-0.2, -0.15) is 0 Å². The number of carbonyl (C=O) groups excluding carboxylic acids is 2. The number of H-pyrrole nitrogens is 3. The zero-order valence-corrected chi connectivity index (χ0v) is 43.2. The predicted molar refractivity (Wildman–Crippen MR) is 282 cm³/mol. The number of hydrogen-bond donors (Lipinski definition) is 7. The number of allylic oxidation sites excluding steroid dienone is 5. The van der Waals surface area contributed by atoms with Crippen LogP contribution in [0.25, 0.3) is 18.2 Å². The van der Waals surface area contributed by atoms with E-state index in [9.17, 15) is 9.59 Å². The van der Waals surface area contributed by atoms with Crippen LogP contribution in [0.15, 0.2) is 49.7 Å². The fourth-order valence-corrected chi connectivity index (χ4v) is 9.73. The molecule has 0 aromatic carbocycles. The van der Waals surface area contributed by atoms with Crippen LogP contribution in [0.5, 0.6) is 0 Å². The van der Waals surface area contributed by atoms with Gasteiger partial charge >= 0.3 is 0 Å². The molecule has 0 spiro atoms. The first-order valence-electron chi connectivity index (χ1n) is 25.6. The van der Waals surface area contributed by atoms with E-state index < -0.39 is 0 Å². The number of ether oxygens (including phenoxy) is 4. The second-order valence-electron chi connectivity index (χ2n) is 18.0. The molecule has 0 fully saturated rings. The largest absolute Gasteiger partial charge is 0.378 e. The first kappa shape index (κ1) is 53.9.